The molecule has 1 atom stereocenters. The van der Waals surface area contributed by atoms with Crippen LogP contribution in [0.15, 0.2) is 27.6 Å². The standard InChI is InChI=1S/C10H14BrNO3S/c1-7-3-4-9(11)10(5-7)16(14,15)12-8(2)6-13/h3-5,8,12-13H,6H2,1-2H3. The quantitative estimate of drug-likeness (QED) is 0.884. The van der Waals surface area contributed by atoms with Gasteiger partial charge in [-0.15, -0.1) is 0 Å². The van der Waals surface area contributed by atoms with E-state index < -0.39 is 16.1 Å². The third-order valence-corrected chi connectivity index (χ3v) is 4.59. The van der Waals surface area contributed by atoms with Gasteiger partial charge in [-0.05, 0) is 47.5 Å². The molecular formula is C10H14BrNO3S. The predicted molar refractivity (Wildman–Crippen MR) is 65.7 cm³/mol. The van der Waals surface area contributed by atoms with Crippen LogP contribution < -0.4 is 4.72 Å². The van der Waals surface area contributed by atoms with Crippen LogP contribution >= 0.6 is 15.9 Å². The van der Waals surface area contributed by atoms with Gasteiger partial charge in [0.05, 0.1) is 11.5 Å². The third kappa shape index (κ3) is 3.28. The van der Waals surface area contributed by atoms with E-state index >= 15 is 0 Å². The lowest BCUT2D eigenvalue weighted by atomic mass is 10.2. The minimum Gasteiger partial charge on any atom is -0.395 e. The van der Waals surface area contributed by atoms with Gasteiger partial charge in [0.25, 0.3) is 0 Å². The van der Waals surface area contributed by atoms with Gasteiger partial charge in [0.1, 0.15) is 0 Å². The van der Waals surface area contributed by atoms with Crippen molar-refractivity contribution in [2.24, 2.45) is 0 Å². The van der Waals surface area contributed by atoms with Crippen LogP contribution in [0, 0.1) is 6.92 Å². The van der Waals surface area contributed by atoms with Gasteiger partial charge in [-0.1, -0.05) is 6.07 Å². The fraction of sp³-hybridized carbons (Fsp3) is 0.400. The molecule has 0 spiro atoms. The molecule has 16 heavy (non-hydrogen) atoms. The summed E-state index contributed by atoms with van der Waals surface area (Å²) in [6.45, 7) is 3.19. The van der Waals surface area contributed by atoms with E-state index in [4.69, 9.17) is 5.11 Å². The number of halogens is 1. The van der Waals surface area contributed by atoms with Crippen molar-refractivity contribution < 1.29 is 13.5 Å². The number of hydrogen-bond donors (Lipinski definition) is 2. The number of hydrogen-bond acceptors (Lipinski definition) is 3. The highest BCUT2D eigenvalue weighted by Crippen LogP contribution is 2.22. The summed E-state index contributed by atoms with van der Waals surface area (Å²) in [5, 5.41) is 8.83. The van der Waals surface area contributed by atoms with Crippen molar-refractivity contribution in [2.75, 3.05) is 6.61 Å². The minimum atomic E-state index is -3.58. The maximum atomic E-state index is 11.9. The molecule has 0 radical (unpaired) electrons. The zero-order valence-corrected chi connectivity index (χ0v) is 11.5. The molecule has 0 fully saturated rings. The maximum Gasteiger partial charge on any atom is 0.242 e. The van der Waals surface area contributed by atoms with Gasteiger partial charge in [0, 0.05) is 10.5 Å². The molecule has 90 valence electrons. The monoisotopic (exact) mass is 307 g/mol. The molecule has 0 saturated carbocycles. The Bertz CT molecular complexity index is 473. The Kier molecular flexibility index (Phi) is 4.49. The Morgan fingerprint density at radius 2 is 2.12 bits per heavy atom. The Hall–Kier alpha value is -0.430. The highest BCUT2D eigenvalue weighted by Gasteiger charge is 2.19. The van der Waals surface area contributed by atoms with Crippen LogP contribution in [0.2, 0.25) is 0 Å². The molecule has 1 aromatic rings. The molecule has 0 aliphatic heterocycles. The van der Waals surface area contributed by atoms with Crippen molar-refractivity contribution in [3.63, 3.8) is 0 Å². The Labute approximate surface area is 104 Å². The van der Waals surface area contributed by atoms with Crippen molar-refractivity contribution in [1.29, 1.82) is 0 Å². The maximum absolute atomic E-state index is 11.9. The summed E-state index contributed by atoms with van der Waals surface area (Å²) in [7, 11) is -3.58. The first-order chi connectivity index (χ1) is 7.36. The molecule has 0 aliphatic rings. The molecule has 0 heterocycles. The summed E-state index contributed by atoms with van der Waals surface area (Å²) in [6.07, 6.45) is 0. The van der Waals surface area contributed by atoms with Crippen molar-refractivity contribution in [3.05, 3.63) is 28.2 Å². The third-order valence-electron chi connectivity index (χ3n) is 2.01. The fourth-order valence-corrected chi connectivity index (χ4v) is 3.47. The number of rotatable bonds is 4. The van der Waals surface area contributed by atoms with E-state index in [1.54, 1.807) is 19.1 Å². The summed E-state index contributed by atoms with van der Waals surface area (Å²) in [6, 6.07) is 4.58. The molecule has 1 unspecified atom stereocenters. The Balaban J connectivity index is 3.12. The molecule has 1 aromatic carbocycles. The average molecular weight is 308 g/mol. The lowest BCUT2D eigenvalue weighted by Gasteiger charge is -2.13. The smallest absolute Gasteiger partial charge is 0.242 e. The first-order valence-electron chi connectivity index (χ1n) is 4.76. The molecule has 6 heteroatoms. The summed E-state index contributed by atoms with van der Waals surface area (Å²) in [5.41, 5.74) is 0.861. The zero-order chi connectivity index (χ0) is 12.3. The molecule has 0 aliphatic carbocycles. The van der Waals surface area contributed by atoms with Crippen LogP contribution in [-0.2, 0) is 10.0 Å². The van der Waals surface area contributed by atoms with Crippen LogP contribution in [0.25, 0.3) is 0 Å². The molecule has 0 aromatic heterocycles. The van der Waals surface area contributed by atoms with Crippen LogP contribution in [0.1, 0.15) is 12.5 Å². The minimum absolute atomic E-state index is 0.188. The molecule has 0 bridgehead atoms. The Morgan fingerprint density at radius 1 is 1.50 bits per heavy atom. The number of aryl methyl sites for hydroxylation is 1. The van der Waals surface area contributed by atoms with Gasteiger partial charge < -0.3 is 5.11 Å². The summed E-state index contributed by atoms with van der Waals surface area (Å²) in [5.74, 6) is 0. The van der Waals surface area contributed by atoms with Gasteiger partial charge in [-0.2, -0.15) is 0 Å². The topological polar surface area (TPSA) is 66.4 Å². The SMILES string of the molecule is Cc1ccc(Br)c(S(=O)(=O)NC(C)CO)c1. The summed E-state index contributed by atoms with van der Waals surface area (Å²) >= 11 is 3.20. The number of nitrogens with one attached hydrogen (secondary N) is 1. The normalized spacial score (nSPS) is 13.8. The first-order valence-corrected chi connectivity index (χ1v) is 7.04. The largest absolute Gasteiger partial charge is 0.395 e. The number of benzene rings is 1. The van der Waals surface area contributed by atoms with Gasteiger partial charge >= 0.3 is 0 Å². The fourth-order valence-electron chi connectivity index (χ4n) is 1.18. The number of aliphatic hydroxyl groups excluding tert-OH is 1. The number of aliphatic hydroxyl groups is 1. The van der Waals surface area contributed by atoms with E-state index in [2.05, 4.69) is 20.7 Å². The van der Waals surface area contributed by atoms with E-state index in [0.717, 1.165) is 5.56 Å². The van der Waals surface area contributed by atoms with Gasteiger partial charge in [0.2, 0.25) is 10.0 Å². The predicted octanol–water partition coefficient (Wildman–Crippen LogP) is 1.42. The highest BCUT2D eigenvalue weighted by atomic mass is 79.9. The van der Waals surface area contributed by atoms with Crippen LogP contribution in [0.3, 0.4) is 0 Å². The molecule has 0 saturated heterocycles. The zero-order valence-electron chi connectivity index (χ0n) is 9.07. The van der Waals surface area contributed by atoms with E-state index in [-0.39, 0.29) is 11.5 Å². The van der Waals surface area contributed by atoms with Gasteiger partial charge in [-0.25, -0.2) is 13.1 Å². The first kappa shape index (κ1) is 13.6. The van der Waals surface area contributed by atoms with Gasteiger partial charge in [-0.3, -0.25) is 0 Å². The van der Waals surface area contributed by atoms with Crippen LogP contribution in [0.5, 0.6) is 0 Å². The van der Waals surface area contributed by atoms with Crippen LogP contribution in [-0.4, -0.2) is 26.2 Å². The van der Waals surface area contributed by atoms with E-state index in [1.807, 2.05) is 13.0 Å². The molecule has 0 amide bonds. The molecule has 1 rings (SSSR count). The van der Waals surface area contributed by atoms with Crippen molar-refractivity contribution in [2.45, 2.75) is 24.8 Å². The van der Waals surface area contributed by atoms with Crippen molar-refractivity contribution in [3.8, 4) is 0 Å². The highest BCUT2D eigenvalue weighted by molar-refractivity contribution is 9.10. The second kappa shape index (κ2) is 5.27. The summed E-state index contributed by atoms with van der Waals surface area (Å²) in [4.78, 5) is 0.188. The van der Waals surface area contributed by atoms with Crippen molar-refractivity contribution in [1.82, 2.24) is 4.72 Å². The number of sulfonamides is 1. The van der Waals surface area contributed by atoms with E-state index in [9.17, 15) is 8.42 Å². The molecule has 4 nitrogen and oxygen atoms in total. The van der Waals surface area contributed by atoms with E-state index in [1.165, 1.54) is 0 Å². The van der Waals surface area contributed by atoms with E-state index in [0.29, 0.717) is 4.47 Å². The second-order valence-electron chi connectivity index (χ2n) is 3.64. The lowest BCUT2D eigenvalue weighted by molar-refractivity contribution is 0.265. The van der Waals surface area contributed by atoms with Crippen LogP contribution in [0.4, 0.5) is 0 Å². The second-order valence-corrected chi connectivity index (χ2v) is 6.18. The lowest BCUT2D eigenvalue weighted by Crippen LogP contribution is -2.35. The average Bonchev–Trinajstić information content (AvgIpc) is 2.20. The molecular weight excluding hydrogens is 294 g/mol. The van der Waals surface area contributed by atoms with Gasteiger partial charge in [0.15, 0.2) is 0 Å². The molecule has 2 N–H and O–H groups in total. The summed E-state index contributed by atoms with van der Waals surface area (Å²) < 4.78 is 26.7. The van der Waals surface area contributed by atoms with Crippen molar-refractivity contribution >= 4 is 26.0 Å². The Morgan fingerprint density at radius 3 is 2.69 bits per heavy atom.